The van der Waals surface area contributed by atoms with Crippen molar-refractivity contribution in [2.24, 2.45) is 5.92 Å². The summed E-state index contributed by atoms with van der Waals surface area (Å²) in [5.41, 5.74) is 0.248. The highest BCUT2D eigenvalue weighted by Gasteiger charge is 2.22. The lowest BCUT2D eigenvalue weighted by Gasteiger charge is -2.31. The number of piperidine rings is 1. The first-order valence-electron chi connectivity index (χ1n) is 8.30. The Bertz CT molecular complexity index is 643. The normalized spacial score (nSPS) is 19.5. The van der Waals surface area contributed by atoms with E-state index in [2.05, 4.69) is 17.1 Å². The van der Waals surface area contributed by atoms with E-state index in [0.29, 0.717) is 12.5 Å². The Kier molecular flexibility index (Phi) is 6.18. The number of carbonyl (C=O) groups is 1. The summed E-state index contributed by atoms with van der Waals surface area (Å²) >= 11 is 0. The summed E-state index contributed by atoms with van der Waals surface area (Å²) in [5, 5.41) is 2.92. The maximum atomic E-state index is 12.4. The molecule has 0 aromatic heterocycles. The molecule has 1 aromatic carbocycles. The molecular formula is C17H26N2O3S. The lowest BCUT2D eigenvalue weighted by atomic mass is 9.98. The summed E-state index contributed by atoms with van der Waals surface area (Å²) in [6.07, 6.45) is 2.25. The zero-order valence-electron chi connectivity index (χ0n) is 13.9. The molecule has 6 heteroatoms. The first-order chi connectivity index (χ1) is 11.0. The first kappa shape index (κ1) is 17.9. The van der Waals surface area contributed by atoms with E-state index in [1.807, 2.05) is 0 Å². The van der Waals surface area contributed by atoms with Gasteiger partial charge in [-0.15, -0.1) is 0 Å². The Hall–Kier alpha value is -1.40. The zero-order valence-corrected chi connectivity index (χ0v) is 14.7. The van der Waals surface area contributed by atoms with Gasteiger partial charge in [-0.05, 0) is 44.0 Å². The highest BCUT2D eigenvalue weighted by molar-refractivity contribution is 7.91. The molecule has 1 N–H and O–H groups in total. The van der Waals surface area contributed by atoms with Crippen LogP contribution < -0.4 is 5.32 Å². The maximum Gasteiger partial charge on any atom is 0.252 e. The molecule has 1 heterocycles. The first-order valence-corrected chi connectivity index (χ1v) is 9.95. The van der Waals surface area contributed by atoms with Gasteiger partial charge in [0.05, 0.1) is 16.2 Å². The smallest absolute Gasteiger partial charge is 0.252 e. The fourth-order valence-electron chi connectivity index (χ4n) is 3.02. The number of rotatable bonds is 6. The van der Waals surface area contributed by atoms with Gasteiger partial charge in [0.1, 0.15) is 0 Å². The summed E-state index contributed by atoms with van der Waals surface area (Å²) in [6, 6.07) is 6.44. The average molecular weight is 338 g/mol. The van der Waals surface area contributed by atoms with Gasteiger partial charge in [-0.3, -0.25) is 4.79 Å². The van der Waals surface area contributed by atoms with Crippen molar-refractivity contribution in [1.82, 2.24) is 10.2 Å². The van der Waals surface area contributed by atoms with Crippen LogP contribution in [-0.4, -0.2) is 51.2 Å². The number of likely N-dealkylation sites (tertiary alicyclic amines) is 1. The molecular weight excluding hydrogens is 312 g/mol. The minimum Gasteiger partial charge on any atom is -0.352 e. The van der Waals surface area contributed by atoms with E-state index in [0.717, 1.165) is 32.5 Å². The molecule has 0 saturated carbocycles. The van der Waals surface area contributed by atoms with E-state index in [9.17, 15) is 13.2 Å². The Morgan fingerprint density at radius 3 is 2.74 bits per heavy atom. The summed E-state index contributed by atoms with van der Waals surface area (Å²) in [5.74, 6) is 0.125. The number of hydrogen-bond acceptors (Lipinski definition) is 4. The van der Waals surface area contributed by atoms with Gasteiger partial charge in [0.25, 0.3) is 5.91 Å². The van der Waals surface area contributed by atoms with Crippen molar-refractivity contribution in [2.45, 2.75) is 31.6 Å². The fourth-order valence-corrected chi connectivity index (χ4v) is 4.11. The van der Waals surface area contributed by atoms with E-state index in [-0.39, 0.29) is 22.1 Å². The fraction of sp³-hybridized carbons (Fsp3) is 0.588. The van der Waals surface area contributed by atoms with Gasteiger partial charge in [0, 0.05) is 13.1 Å². The third-order valence-electron chi connectivity index (χ3n) is 4.45. The molecule has 1 amide bonds. The van der Waals surface area contributed by atoms with Crippen molar-refractivity contribution in [3.63, 3.8) is 0 Å². The summed E-state index contributed by atoms with van der Waals surface area (Å²) in [7, 11) is -3.40. The van der Waals surface area contributed by atoms with Crippen LogP contribution in [0, 0.1) is 5.92 Å². The van der Waals surface area contributed by atoms with Crippen LogP contribution in [0.2, 0.25) is 0 Å². The summed E-state index contributed by atoms with van der Waals surface area (Å²) in [6.45, 7) is 7.47. The zero-order chi connectivity index (χ0) is 16.9. The van der Waals surface area contributed by atoms with Crippen molar-refractivity contribution < 1.29 is 13.2 Å². The summed E-state index contributed by atoms with van der Waals surface area (Å²) in [4.78, 5) is 14.9. The third kappa shape index (κ3) is 4.54. The molecule has 1 aromatic rings. The van der Waals surface area contributed by atoms with E-state index in [4.69, 9.17) is 0 Å². The van der Waals surface area contributed by atoms with Crippen LogP contribution in [0.15, 0.2) is 29.2 Å². The number of nitrogens with zero attached hydrogens (tertiary/aromatic N) is 1. The van der Waals surface area contributed by atoms with Gasteiger partial charge in [0.15, 0.2) is 9.84 Å². The lowest BCUT2D eigenvalue weighted by molar-refractivity contribution is 0.0930. The second-order valence-electron chi connectivity index (χ2n) is 6.01. The van der Waals surface area contributed by atoms with Crippen molar-refractivity contribution in [3.8, 4) is 0 Å². The van der Waals surface area contributed by atoms with Gasteiger partial charge < -0.3 is 10.2 Å². The second-order valence-corrected chi connectivity index (χ2v) is 8.26. The van der Waals surface area contributed by atoms with Crippen LogP contribution in [0.1, 0.15) is 37.0 Å². The maximum absolute atomic E-state index is 12.4. The van der Waals surface area contributed by atoms with Crippen LogP contribution in [0.25, 0.3) is 0 Å². The van der Waals surface area contributed by atoms with Crippen molar-refractivity contribution in [2.75, 3.05) is 31.9 Å². The number of hydrogen-bond donors (Lipinski definition) is 1. The number of nitrogens with one attached hydrogen (secondary N) is 1. The number of benzene rings is 1. The molecule has 1 aliphatic heterocycles. The monoisotopic (exact) mass is 338 g/mol. The predicted molar refractivity (Wildman–Crippen MR) is 91.3 cm³/mol. The van der Waals surface area contributed by atoms with Crippen LogP contribution in [0.3, 0.4) is 0 Å². The lowest BCUT2D eigenvalue weighted by Crippen LogP contribution is -2.40. The predicted octanol–water partition coefficient (Wildman–Crippen LogP) is 1.94. The van der Waals surface area contributed by atoms with Crippen molar-refractivity contribution in [3.05, 3.63) is 29.8 Å². The van der Waals surface area contributed by atoms with Crippen LogP contribution in [0.4, 0.5) is 0 Å². The summed E-state index contributed by atoms with van der Waals surface area (Å²) < 4.78 is 24.3. The molecule has 1 atom stereocenters. The van der Waals surface area contributed by atoms with E-state index in [1.54, 1.807) is 25.1 Å². The number of amides is 1. The van der Waals surface area contributed by atoms with E-state index >= 15 is 0 Å². The molecule has 1 saturated heterocycles. The highest BCUT2D eigenvalue weighted by Crippen LogP contribution is 2.18. The third-order valence-corrected chi connectivity index (χ3v) is 6.23. The van der Waals surface area contributed by atoms with Gasteiger partial charge >= 0.3 is 0 Å². The van der Waals surface area contributed by atoms with Gasteiger partial charge in [-0.25, -0.2) is 8.42 Å². The SMILES string of the molecule is CCN1CCCC(CNC(=O)c2ccccc2S(=O)(=O)CC)C1. The molecule has 0 bridgehead atoms. The topological polar surface area (TPSA) is 66.5 Å². The molecule has 1 fully saturated rings. The molecule has 0 radical (unpaired) electrons. The van der Waals surface area contributed by atoms with Crippen LogP contribution in [-0.2, 0) is 9.84 Å². The van der Waals surface area contributed by atoms with Crippen LogP contribution >= 0.6 is 0 Å². The molecule has 1 unspecified atom stereocenters. The molecule has 1 aliphatic rings. The highest BCUT2D eigenvalue weighted by atomic mass is 32.2. The minimum atomic E-state index is -3.40. The number of sulfone groups is 1. The molecule has 0 aliphatic carbocycles. The van der Waals surface area contributed by atoms with Crippen molar-refractivity contribution >= 4 is 15.7 Å². The molecule has 23 heavy (non-hydrogen) atoms. The molecule has 5 nitrogen and oxygen atoms in total. The number of carbonyl (C=O) groups excluding carboxylic acids is 1. The quantitative estimate of drug-likeness (QED) is 0.861. The van der Waals surface area contributed by atoms with E-state index < -0.39 is 9.84 Å². The van der Waals surface area contributed by atoms with Crippen molar-refractivity contribution in [1.29, 1.82) is 0 Å². The van der Waals surface area contributed by atoms with Gasteiger partial charge in [-0.1, -0.05) is 26.0 Å². The Labute approximate surface area is 139 Å². The largest absolute Gasteiger partial charge is 0.352 e. The van der Waals surface area contributed by atoms with Crippen LogP contribution in [0.5, 0.6) is 0 Å². The average Bonchev–Trinajstić information content (AvgIpc) is 2.59. The molecule has 2 rings (SSSR count). The Morgan fingerprint density at radius 2 is 2.04 bits per heavy atom. The molecule has 0 spiro atoms. The molecule has 128 valence electrons. The van der Waals surface area contributed by atoms with Gasteiger partial charge in [-0.2, -0.15) is 0 Å². The Balaban J connectivity index is 2.04. The van der Waals surface area contributed by atoms with E-state index in [1.165, 1.54) is 6.07 Å². The Morgan fingerprint density at radius 1 is 1.30 bits per heavy atom. The van der Waals surface area contributed by atoms with Gasteiger partial charge in [0.2, 0.25) is 0 Å². The standard InChI is InChI=1S/C17H26N2O3S/c1-3-19-11-7-8-14(13-19)12-18-17(20)15-9-5-6-10-16(15)23(21,22)4-2/h5-6,9-10,14H,3-4,7-8,11-13H2,1-2H3,(H,18,20). The minimum absolute atomic E-state index is 0.00855. The second kappa shape index (κ2) is 7.93.